The van der Waals surface area contributed by atoms with Gasteiger partial charge in [-0.25, -0.2) is 0 Å². The van der Waals surface area contributed by atoms with E-state index in [0.29, 0.717) is 5.78 Å². The van der Waals surface area contributed by atoms with Crippen LogP contribution in [0, 0.1) is 0 Å². The molecule has 0 N–H and O–H groups in total. The third-order valence-electron chi connectivity index (χ3n) is 3.57. The normalized spacial score (nSPS) is 22.5. The van der Waals surface area contributed by atoms with E-state index in [2.05, 4.69) is 12.2 Å². The number of hydrogen-bond donors (Lipinski definition) is 0. The fourth-order valence-electron chi connectivity index (χ4n) is 2.41. The van der Waals surface area contributed by atoms with Gasteiger partial charge in [0.25, 0.3) is 0 Å². The number of rotatable bonds is 0. The standard InChI is InChI=1S/C16H28O/c17-16-14-12-10-8-6-4-2-1-3-5-7-9-11-13-15-16/h2,4H,1,3,5-15H2. The molecule has 0 fully saturated rings. The monoisotopic (exact) mass is 236 g/mol. The van der Waals surface area contributed by atoms with E-state index in [4.69, 9.17) is 0 Å². The quantitative estimate of drug-likeness (QED) is 0.528. The Morgan fingerprint density at radius 2 is 1.00 bits per heavy atom. The second kappa shape index (κ2) is 10.6. The van der Waals surface area contributed by atoms with Crippen molar-refractivity contribution in [1.29, 1.82) is 0 Å². The summed E-state index contributed by atoms with van der Waals surface area (Å²) < 4.78 is 0. The zero-order chi connectivity index (χ0) is 12.2. The lowest BCUT2D eigenvalue weighted by Crippen LogP contribution is -1.97. The van der Waals surface area contributed by atoms with Crippen LogP contribution in [0.2, 0.25) is 0 Å². The Morgan fingerprint density at radius 3 is 1.59 bits per heavy atom. The van der Waals surface area contributed by atoms with Crippen LogP contribution in [-0.4, -0.2) is 5.78 Å². The van der Waals surface area contributed by atoms with Crippen molar-refractivity contribution in [3.05, 3.63) is 12.2 Å². The number of carbonyl (C=O) groups excluding carboxylic acids is 1. The van der Waals surface area contributed by atoms with E-state index in [0.717, 1.165) is 25.7 Å². The molecule has 0 radical (unpaired) electrons. The molecule has 0 spiro atoms. The smallest absolute Gasteiger partial charge is 0.132 e. The molecule has 98 valence electrons. The van der Waals surface area contributed by atoms with Crippen molar-refractivity contribution in [2.75, 3.05) is 0 Å². The molecule has 0 aliphatic heterocycles. The van der Waals surface area contributed by atoms with Crippen LogP contribution in [0.1, 0.15) is 83.5 Å². The van der Waals surface area contributed by atoms with Crippen molar-refractivity contribution in [3.8, 4) is 0 Å². The molecule has 17 heavy (non-hydrogen) atoms. The van der Waals surface area contributed by atoms with E-state index in [1.807, 2.05) is 0 Å². The first-order valence-corrected chi connectivity index (χ1v) is 7.56. The minimum absolute atomic E-state index is 0.493. The van der Waals surface area contributed by atoms with E-state index >= 15 is 0 Å². The van der Waals surface area contributed by atoms with Gasteiger partial charge in [0.15, 0.2) is 0 Å². The molecule has 0 saturated carbocycles. The average Bonchev–Trinajstić information content (AvgIpc) is 2.32. The highest BCUT2D eigenvalue weighted by molar-refractivity contribution is 5.78. The molecular weight excluding hydrogens is 208 g/mol. The lowest BCUT2D eigenvalue weighted by Gasteiger charge is -2.03. The van der Waals surface area contributed by atoms with Gasteiger partial charge in [0.05, 0.1) is 0 Å². The zero-order valence-corrected chi connectivity index (χ0v) is 11.3. The van der Waals surface area contributed by atoms with E-state index in [9.17, 15) is 4.79 Å². The Labute approximate surface area is 107 Å². The van der Waals surface area contributed by atoms with Gasteiger partial charge in [-0.05, 0) is 38.5 Å². The SMILES string of the molecule is O=C1CCCCCC=CCCCCCCCC1. The van der Waals surface area contributed by atoms with Crippen molar-refractivity contribution < 1.29 is 4.79 Å². The number of ketones is 1. The second-order valence-electron chi connectivity index (χ2n) is 5.27. The fraction of sp³-hybridized carbons (Fsp3) is 0.812. The van der Waals surface area contributed by atoms with Crippen molar-refractivity contribution in [3.63, 3.8) is 0 Å². The highest BCUT2D eigenvalue weighted by atomic mass is 16.1. The van der Waals surface area contributed by atoms with E-state index in [-0.39, 0.29) is 0 Å². The highest BCUT2D eigenvalue weighted by Gasteiger charge is 2.01. The summed E-state index contributed by atoms with van der Waals surface area (Å²) in [6.07, 6.45) is 20.1. The molecule has 1 aliphatic rings. The number of allylic oxidation sites excluding steroid dienone is 2. The topological polar surface area (TPSA) is 17.1 Å². The summed E-state index contributed by atoms with van der Waals surface area (Å²) in [4.78, 5) is 11.6. The maximum Gasteiger partial charge on any atom is 0.132 e. The predicted molar refractivity (Wildman–Crippen MR) is 74.2 cm³/mol. The van der Waals surface area contributed by atoms with Crippen molar-refractivity contribution >= 4 is 5.78 Å². The van der Waals surface area contributed by atoms with E-state index in [1.54, 1.807) is 0 Å². The largest absolute Gasteiger partial charge is 0.300 e. The van der Waals surface area contributed by atoms with Gasteiger partial charge >= 0.3 is 0 Å². The highest BCUT2D eigenvalue weighted by Crippen LogP contribution is 2.12. The Kier molecular flexibility index (Phi) is 8.99. The first-order chi connectivity index (χ1) is 8.39. The molecule has 0 atom stereocenters. The van der Waals surface area contributed by atoms with Gasteiger partial charge in [-0.15, -0.1) is 0 Å². The first-order valence-electron chi connectivity index (χ1n) is 7.56. The molecule has 1 rings (SSSR count). The third-order valence-corrected chi connectivity index (χ3v) is 3.57. The summed E-state index contributed by atoms with van der Waals surface area (Å²) in [5, 5.41) is 0. The molecule has 0 bridgehead atoms. The summed E-state index contributed by atoms with van der Waals surface area (Å²) >= 11 is 0. The predicted octanol–water partition coefficient (Wildman–Crippen LogP) is 5.20. The van der Waals surface area contributed by atoms with Crippen LogP contribution in [0.3, 0.4) is 0 Å². The number of hydrogen-bond acceptors (Lipinski definition) is 1. The number of Topliss-reactive ketones (excluding diaryl/α,β-unsaturated/α-hetero) is 1. The molecule has 1 nitrogen and oxygen atoms in total. The minimum Gasteiger partial charge on any atom is -0.300 e. The summed E-state index contributed by atoms with van der Waals surface area (Å²) in [6, 6.07) is 0. The zero-order valence-electron chi connectivity index (χ0n) is 11.3. The van der Waals surface area contributed by atoms with Crippen LogP contribution in [0.25, 0.3) is 0 Å². The van der Waals surface area contributed by atoms with Crippen LogP contribution in [0.4, 0.5) is 0 Å². The second-order valence-corrected chi connectivity index (χ2v) is 5.27. The van der Waals surface area contributed by atoms with E-state index in [1.165, 1.54) is 57.8 Å². The molecule has 1 aliphatic carbocycles. The van der Waals surface area contributed by atoms with Crippen molar-refractivity contribution in [1.82, 2.24) is 0 Å². The Bertz CT molecular complexity index is 218. The lowest BCUT2D eigenvalue weighted by molar-refractivity contribution is -0.119. The van der Waals surface area contributed by atoms with Gasteiger partial charge in [-0.1, -0.05) is 44.3 Å². The number of carbonyl (C=O) groups is 1. The molecule has 0 aromatic heterocycles. The van der Waals surface area contributed by atoms with Crippen molar-refractivity contribution in [2.24, 2.45) is 0 Å². The maximum absolute atomic E-state index is 11.6. The molecule has 0 unspecified atom stereocenters. The van der Waals surface area contributed by atoms with Gasteiger partial charge < -0.3 is 0 Å². The minimum atomic E-state index is 0.493. The summed E-state index contributed by atoms with van der Waals surface area (Å²) in [5.41, 5.74) is 0. The third kappa shape index (κ3) is 9.14. The summed E-state index contributed by atoms with van der Waals surface area (Å²) in [6.45, 7) is 0. The first kappa shape index (κ1) is 14.5. The molecule has 0 amide bonds. The van der Waals surface area contributed by atoms with Gasteiger partial charge in [0.2, 0.25) is 0 Å². The van der Waals surface area contributed by atoms with Gasteiger partial charge in [0.1, 0.15) is 5.78 Å². The van der Waals surface area contributed by atoms with Crippen LogP contribution >= 0.6 is 0 Å². The Morgan fingerprint density at radius 1 is 0.588 bits per heavy atom. The molecule has 0 heterocycles. The van der Waals surface area contributed by atoms with Crippen LogP contribution < -0.4 is 0 Å². The van der Waals surface area contributed by atoms with Gasteiger partial charge in [0, 0.05) is 12.8 Å². The van der Waals surface area contributed by atoms with Crippen LogP contribution in [-0.2, 0) is 4.79 Å². The van der Waals surface area contributed by atoms with Crippen LogP contribution in [0.15, 0.2) is 12.2 Å². The molecule has 0 saturated heterocycles. The molecule has 0 aromatic rings. The fourth-order valence-corrected chi connectivity index (χ4v) is 2.41. The summed E-state index contributed by atoms with van der Waals surface area (Å²) in [5.74, 6) is 0.493. The summed E-state index contributed by atoms with van der Waals surface area (Å²) in [7, 11) is 0. The van der Waals surface area contributed by atoms with Gasteiger partial charge in [-0.3, -0.25) is 4.79 Å². The Hall–Kier alpha value is -0.590. The van der Waals surface area contributed by atoms with E-state index < -0.39 is 0 Å². The Balaban J connectivity index is 2.18. The lowest BCUT2D eigenvalue weighted by atomic mass is 10.0. The van der Waals surface area contributed by atoms with Gasteiger partial charge in [-0.2, -0.15) is 0 Å². The maximum atomic E-state index is 11.6. The van der Waals surface area contributed by atoms with Crippen LogP contribution in [0.5, 0.6) is 0 Å². The molecule has 0 aromatic carbocycles. The average molecular weight is 236 g/mol. The molecule has 1 heteroatoms. The molecular formula is C16H28O. The van der Waals surface area contributed by atoms with Crippen molar-refractivity contribution in [2.45, 2.75) is 83.5 Å².